The van der Waals surface area contributed by atoms with Crippen molar-refractivity contribution in [1.29, 1.82) is 0 Å². The minimum atomic E-state index is -0.124. The molecule has 2 aromatic carbocycles. The van der Waals surface area contributed by atoms with Gasteiger partial charge in [0.2, 0.25) is 5.91 Å². The van der Waals surface area contributed by atoms with Crippen molar-refractivity contribution >= 4 is 11.9 Å². The molecule has 0 aromatic heterocycles. The summed E-state index contributed by atoms with van der Waals surface area (Å²) in [6.45, 7) is 7.00. The second-order valence-electron chi connectivity index (χ2n) is 8.54. The van der Waals surface area contributed by atoms with Gasteiger partial charge in [0.05, 0.1) is 6.04 Å². The number of nitrogens with zero attached hydrogens (tertiary/aromatic N) is 3. The van der Waals surface area contributed by atoms with Gasteiger partial charge in [-0.05, 0) is 30.9 Å². The van der Waals surface area contributed by atoms with E-state index in [1.807, 2.05) is 34.1 Å². The van der Waals surface area contributed by atoms with Crippen molar-refractivity contribution in [1.82, 2.24) is 20.0 Å². The Balaban J connectivity index is 1.29. The quantitative estimate of drug-likeness (QED) is 0.809. The predicted molar refractivity (Wildman–Crippen MR) is 122 cm³/mol. The predicted octanol–water partition coefficient (Wildman–Crippen LogP) is 2.67. The van der Waals surface area contributed by atoms with Gasteiger partial charge in [0.1, 0.15) is 0 Å². The Morgan fingerprint density at radius 1 is 0.968 bits per heavy atom. The van der Waals surface area contributed by atoms with E-state index in [-0.39, 0.29) is 18.0 Å². The first-order valence-electron chi connectivity index (χ1n) is 11.3. The third-order valence-corrected chi connectivity index (χ3v) is 6.30. The SMILES string of the molecule is Cc1cccc(CN2CCN3CCN(C(=O)NCCc4ccccc4)CCC3C2=O)c1. The largest absolute Gasteiger partial charge is 0.338 e. The van der Waals surface area contributed by atoms with Gasteiger partial charge in [-0.2, -0.15) is 0 Å². The maximum Gasteiger partial charge on any atom is 0.317 e. The summed E-state index contributed by atoms with van der Waals surface area (Å²) in [5.41, 5.74) is 3.61. The average Bonchev–Trinajstić information content (AvgIpc) is 3.00. The lowest BCUT2D eigenvalue weighted by Gasteiger charge is -2.39. The van der Waals surface area contributed by atoms with Crippen LogP contribution < -0.4 is 5.32 Å². The van der Waals surface area contributed by atoms with E-state index in [9.17, 15) is 9.59 Å². The van der Waals surface area contributed by atoms with Crippen LogP contribution in [0, 0.1) is 6.92 Å². The lowest BCUT2D eigenvalue weighted by molar-refractivity contribution is -0.142. The fraction of sp³-hybridized carbons (Fsp3) is 0.440. The van der Waals surface area contributed by atoms with E-state index in [2.05, 4.69) is 47.5 Å². The zero-order chi connectivity index (χ0) is 21.6. The lowest BCUT2D eigenvalue weighted by Crippen LogP contribution is -2.56. The van der Waals surface area contributed by atoms with Crippen LogP contribution in [0.3, 0.4) is 0 Å². The molecule has 1 N–H and O–H groups in total. The van der Waals surface area contributed by atoms with E-state index in [1.54, 1.807) is 0 Å². The Hall–Kier alpha value is -2.86. The van der Waals surface area contributed by atoms with Gasteiger partial charge in [-0.3, -0.25) is 9.69 Å². The fourth-order valence-corrected chi connectivity index (χ4v) is 4.56. The highest BCUT2D eigenvalue weighted by Crippen LogP contribution is 2.20. The van der Waals surface area contributed by atoms with E-state index < -0.39 is 0 Å². The van der Waals surface area contributed by atoms with E-state index in [1.165, 1.54) is 16.7 Å². The molecule has 1 atom stereocenters. The zero-order valence-electron chi connectivity index (χ0n) is 18.3. The number of urea groups is 1. The number of aryl methyl sites for hydroxylation is 1. The highest BCUT2D eigenvalue weighted by atomic mass is 16.2. The molecule has 0 aliphatic carbocycles. The molecular weight excluding hydrogens is 388 g/mol. The molecule has 164 valence electrons. The van der Waals surface area contributed by atoms with Crippen molar-refractivity contribution in [3.63, 3.8) is 0 Å². The Morgan fingerprint density at radius 3 is 2.55 bits per heavy atom. The van der Waals surface area contributed by atoms with Crippen LogP contribution >= 0.6 is 0 Å². The fourth-order valence-electron chi connectivity index (χ4n) is 4.56. The molecule has 0 spiro atoms. The number of hydrogen-bond donors (Lipinski definition) is 1. The van der Waals surface area contributed by atoms with Crippen molar-refractivity contribution < 1.29 is 9.59 Å². The van der Waals surface area contributed by atoms with E-state index >= 15 is 0 Å². The van der Waals surface area contributed by atoms with Gasteiger partial charge in [-0.25, -0.2) is 4.79 Å². The molecule has 2 fully saturated rings. The summed E-state index contributed by atoms with van der Waals surface area (Å²) in [7, 11) is 0. The Bertz CT molecular complexity index is 901. The number of carbonyl (C=O) groups excluding carboxylic acids is 2. The monoisotopic (exact) mass is 420 g/mol. The highest BCUT2D eigenvalue weighted by molar-refractivity contribution is 5.83. The molecule has 0 radical (unpaired) electrons. The van der Waals surface area contributed by atoms with Crippen molar-refractivity contribution in [2.75, 3.05) is 39.3 Å². The van der Waals surface area contributed by atoms with E-state index in [0.717, 1.165) is 26.1 Å². The standard InChI is InChI=1S/C25H32N4O2/c1-20-6-5-9-22(18-20)19-29-17-15-27-14-16-28(13-11-23(27)24(29)30)25(31)26-12-10-21-7-3-2-4-8-21/h2-9,18,23H,10-17,19H2,1H3,(H,26,31). The molecule has 2 aliphatic rings. The molecule has 0 bridgehead atoms. The molecule has 2 aromatic rings. The smallest absolute Gasteiger partial charge is 0.317 e. The summed E-state index contributed by atoms with van der Waals surface area (Å²) in [6.07, 6.45) is 1.51. The minimum Gasteiger partial charge on any atom is -0.338 e. The number of piperazine rings is 1. The Labute approximate surface area is 184 Å². The summed E-state index contributed by atoms with van der Waals surface area (Å²) >= 11 is 0. The number of nitrogens with one attached hydrogen (secondary N) is 1. The summed E-state index contributed by atoms with van der Waals surface area (Å²) in [4.78, 5) is 31.9. The van der Waals surface area contributed by atoms with E-state index in [4.69, 9.17) is 0 Å². The van der Waals surface area contributed by atoms with Crippen molar-refractivity contribution in [3.8, 4) is 0 Å². The molecule has 1 unspecified atom stereocenters. The maximum atomic E-state index is 13.2. The van der Waals surface area contributed by atoms with Gasteiger partial charge >= 0.3 is 6.03 Å². The number of hydrogen-bond acceptors (Lipinski definition) is 3. The molecule has 2 aliphatic heterocycles. The number of benzene rings is 2. The normalized spacial score (nSPS) is 19.6. The molecule has 2 heterocycles. The van der Waals surface area contributed by atoms with Crippen molar-refractivity contribution in [3.05, 3.63) is 71.3 Å². The molecule has 2 saturated heterocycles. The summed E-state index contributed by atoms with van der Waals surface area (Å²) in [6, 6.07) is 18.4. The van der Waals surface area contributed by atoms with Crippen LogP contribution in [0.15, 0.2) is 54.6 Å². The third kappa shape index (κ3) is 5.44. The number of fused-ring (bicyclic) bond motifs is 1. The van der Waals surface area contributed by atoms with E-state index in [0.29, 0.717) is 32.6 Å². The minimum absolute atomic E-state index is 0.0279. The van der Waals surface area contributed by atoms with Gasteiger partial charge in [0, 0.05) is 45.8 Å². The van der Waals surface area contributed by atoms with Gasteiger partial charge in [0.15, 0.2) is 0 Å². The molecular formula is C25H32N4O2. The van der Waals surface area contributed by atoms with Crippen LogP contribution in [-0.4, -0.2) is 71.9 Å². The Kier molecular flexibility index (Phi) is 6.87. The number of amides is 3. The maximum absolute atomic E-state index is 13.2. The summed E-state index contributed by atoms with van der Waals surface area (Å²) in [5, 5.41) is 3.04. The van der Waals surface area contributed by atoms with Crippen LogP contribution in [0.5, 0.6) is 0 Å². The van der Waals surface area contributed by atoms with Gasteiger partial charge in [-0.15, -0.1) is 0 Å². The molecule has 0 saturated carbocycles. The van der Waals surface area contributed by atoms with Gasteiger partial charge in [-0.1, -0.05) is 60.2 Å². The van der Waals surface area contributed by atoms with Crippen LogP contribution in [0.25, 0.3) is 0 Å². The van der Waals surface area contributed by atoms with Crippen LogP contribution in [0.2, 0.25) is 0 Å². The molecule has 4 rings (SSSR count). The van der Waals surface area contributed by atoms with Crippen LogP contribution in [0.4, 0.5) is 4.79 Å². The molecule has 31 heavy (non-hydrogen) atoms. The molecule has 6 nitrogen and oxygen atoms in total. The van der Waals surface area contributed by atoms with Crippen LogP contribution in [-0.2, 0) is 17.8 Å². The summed E-state index contributed by atoms with van der Waals surface area (Å²) < 4.78 is 0. The zero-order valence-corrected chi connectivity index (χ0v) is 18.3. The topological polar surface area (TPSA) is 55.9 Å². The first-order chi connectivity index (χ1) is 15.1. The van der Waals surface area contributed by atoms with Crippen molar-refractivity contribution in [2.24, 2.45) is 0 Å². The number of carbonyl (C=O) groups is 2. The third-order valence-electron chi connectivity index (χ3n) is 6.30. The van der Waals surface area contributed by atoms with Gasteiger partial charge < -0.3 is 15.1 Å². The molecule has 3 amide bonds. The van der Waals surface area contributed by atoms with Gasteiger partial charge in [0.25, 0.3) is 0 Å². The highest BCUT2D eigenvalue weighted by Gasteiger charge is 2.37. The van der Waals surface area contributed by atoms with Crippen LogP contribution in [0.1, 0.15) is 23.1 Å². The molecule has 6 heteroatoms. The first kappa shape index (κ1) is 21.4. The number of rotatable bonds is 5. The Morgan fingerprint density at radius 2 is 1.74 bits per heavy atom. The summed E-state index contributed by atoms with van der Waals surface area (Å²) in [5.74, 6) is 0.194. The second kappa shape index (κ2) is 9.96. The van der Waals surface area contributed by atoms with Crippen molar-refractivity contribution in [2.45, 2.75) is 32.4 Å². The average molecular weight is 421 g/mol. The first-order valence-corrected chi connectivity index (χ1v) is 11.3. The lowest BCUT2D eigenvalue weighted by atomic mass is 10.1. The second-order valence-corrected chi connectivity index (χ2v) is 8.54.